The van der Waals surface area contributed by atoms with Gasteiger partial charge in [-0.3, -0.25) is 15.0 Å². The second-order valence-corrected chi connectivity index (χ2v) is 7.57. The molecular weight excluding hydrogens is 346 g/mol. The van der Waals surface area contributed by atoms with Gasteiger partial charge in [0.25, 0.3) is 5.91 Å². The number of aromatic amines is 1. The van der Waals surface area contributed by atoms with Gasteiger partial charge in [-0.15, -0.1) is 0 Å². The number of nitrogens with one attached hydrogen (secondary N) is 4. The van der Waals surface area contributed by atoms with Gasteiger partial charge in [-0.25, -0.2) is 9.59 Å². The molecule has 3 aliphatic rings. The predicted octanol–water partition coefficient (Wildman–Crippen LogP) is 1.62. The number of urea groups is 2. The largest absolute Gasteiger partial charge is 0.341 e. The van der Waals surface area contributed by atoms with E-state index in [1.807, 2.05) is 18.2 Å². The number of nitrogens with zero attached hydrogens (tertiary/aromatic N) is 1. The van der Waals surface area contributed by atoms with E-state index in [-0.39, 0.29) is 24.4 Å². The van der Waals surface area contributed by atoms with Crippen molar-refractivity contribution in [3.05, 3.63) is 29.8 Å². The molecule has 1 atom stereocenters. The highest BCUT2D eigenvalue weighted by Gasteiger charge is 2.56. The number of fused-ring (bicyclic) bond motifs is 3. The molecule has 0 radical (unpaired) electrons. The van der Waals surface area contributed by atoms with Crippen LogP contribution in [0.25, 0.3) is 10.9 Å². The topological polar surface area (TPSA) is 106 Å². The Morgan fingerprint density at radius 2 is 2.07 bits per heavy atom. The minimum absolute atomic E-state index is 0.0780. The van der Waals surface area contributed by atoms with Gasteiger partial charge in [0.1, 0.15) is 11.4 Å². The molecular formula is C19H21N5O3. The molecule has 0 bridgehead atoms. The maximum absolute atomic E-state index is 12.9. The Balaban J connectivity index is 1.38. The molecule has 2 aromatic rings. The molecule has 3 heterocycles. The number of carbonyl (C=O) groups is 3. The lowest BCUT2D eigenvalue weighted by atomic mass is 9.93. The van der Waals surface area contributed by atoms with Gasteiger partial charge in [0.15, 0.2) is 0 Å². The fraction of sp³-hybridized carbons (Fsp3) is 0.421. The van der Waals surface area contributed by atoms with Crippen molar-refractivity contribution in [3.8, 4) is 0 Å². The number of aromatic nitrogens is 1. The molecule has 8 heteroatoms. The number of aryl methyl sites for hydroxylation is 1. The molecule has 1 aromatic heterocycles. The number of amides is 5. The zero-order valence-corrected chi connectivity index (χ0v) is 14.8. The van der Waals surface area contributed by atoms with Crippen LogP contribution >= 0.6 is 0 Å². The fourth-order valence-corrected chi connectivity index (χ4v) is 4.35. The van der Waals surface area contributed by atoms with Crippen molar-refractivity contribution < 1.29 is 14.4 Å². The number of imide groups is 1. The number of carbonyl (C=O) groups excluding carboxylic acids is 3. The summed E-state index contributed by atoms with van der Waals surface area (Å²) in [7, 11) is 0. The first kappa shape index (κ1) is 16.2. The van der Waals surface area contributed by atoms with E-state index in [0.717, 1.165) is 48.0 Å². The van der Waals surface area contributed by atoms with Gasteiger partial charge in [-0.2, -0.15) is 0 Å². The fourth-order valence-electron chi connectivity index (χ4n) is 4.35. The van der Waals surface area contributed by atoms with Gasteiger partial charge >= 0.3 is 12.1 Å². The van der Waals surface area contributed by atoms with Crippen LogP contribution in [-0.2, 0) is 11.2 Å². The Morgan fingerprint density at radius 3 is 2.81 bits per heavy atom. The normalized spacial score (nSPS) is 24.5. The van der Waals surface area contributed by atoms with E-state index in [1.54, 1.807) is 4.90 Å². The molecule has 2 aliphatic heterocycles. The van der Waals surface area contributed by atoms with Crippen LogP contribution in [0, 0.1) is 5.92 Å². The van der Waals surface area contributed by atoms with Gasteiger partial charge in [-0.05, 0) is 37.7 Å². The van der Waals surface area contributed by atoms with Crippen molar-refractivity contribution in [3.63, 3.8) is 0 Å². The van der Waals surface area contributed by atoms with Crippen molar-refractivity contribution in [1.82, 2.24) is 20.9 Å². The number of hydrogen-bond acceptors (Lipinski definition) is 3. The number of rotatable bonds is 3. The first-order valence-corrected chi connectivity index (χ1v) is 9.37. The molecule has 1 saturated carbocycles. The van der Waals surface area contributed by atoms with Gasteiger partial charge in [0.05, 0.1) is 6.54 Å². The summed E-state index contributed by atoms with van der Waals surface area (Å²) in [6, 6.07) is 7.29. The van der Waals surface area contributed by atoms with Gasteiger partial charge in [0.2, 0.25) is 0 Å². The first-order valence-electron chi connectivity index (χ1n) is 9.37. The van der Waals surface area contributed by atoms with E-state index >= 15 is 0 Å². The Kier molecular flexibility index (Phi) is 3.43. The quantitative estimate of drug-likeness (QED) is 0.619. The summed E-state index contributed by atoms with van der Waals surface area (Å²) >= 11 is 0. The van der Waals surface area contributed by atoms with Crippen LogP contribution in [0.15, 0.2) is 24.3 Å². The number of H-pyrrole nitrogens is 1. The van der Waals surface area contributed by atoms with E-state index in [4.69, 9.17) is 0 Å². The second kappa shape index (κ2) is 5.73. The average Bonchev–Trinajstić information content (AvgIpc) is 3.39. The maximum Gasteiger partial charge on any atom is 0.323 e. The summed E-state index contributed by atoms with van der Waals surface area (Å²) in [5.41, 5.74) is 1.14. The van der Waals surface area contributed by atoms with E-state index in [0.29, 0.717) is 6.54 Å². The molecule has 0 spiro atoms. The van der Waals surface area contributed by atoms with Crippen LogP contribution in [0.4, 0.5) is 15.4 Å². The summed E-state index contributed by atoms with van der Waals surface area (Å²) < 4.78 is 0. The minimum atomic E-state index is -1.02. The molecule has 1 aromatic carbocycles. The van der Waals surface area contributed by atoms with Crippen LogP contribution in [0.5, 0.6) is 0 Å². The van der Waals surface area contributed by atoms with Crippen molar-refractivity contribution in [2.45, 2.75) is 31.2 Å². The molecule has 140 valence electrons. The third-order valence-electron chi connectivity index (χ3n) is 5.88. The Hall–Kier alpha value is -3.03. The van der Waals surface area contributed by atoms with Crippen molar-refractivity contribution in [2.75, 3.05) is 18.0 Å². The highest BCUT2D eigenvalue weighted by Crippen LogP contribution is 2.41. The SMILES string of the molecule is O=C1NC(=O)C(CNC(=O)N2CCCc3c2[nH]c2ccccc32)(C2CC2)N1. The molecule has 2 fully saturated rings. The van der Waals surface area contributed by atoms with E-state index in [1.165, 1.54) is 0 Å². The monoisotopic (exact) mass is 367 g/mol. The van der Waals surface area contributed by atoms with E-state index in [2.05, 4.69) is 27.0 Å². The highest BCUT2D eigenvalue weighted by molar-refractivity contribution is 6.08. The summed E-state index contributed by atoms with van der Waals surface area (Å²) in [4.78, 5) is 41.9. The second-order valence-electron chi connectivity index (χ2n) is 7.57. The van der Waals surface area contributed by atoms with Crippen LogP contribution in [0.1, 0.15) is 24.8 Å². The Labute approximate surface area is 155 Å². The summed E-state index contributed by atoms with van der Waals surface area (Å²) in [5, 5.41) is 9.07. The predicted molar refractivity (Wildman–Crippen MR) is 99.5 cm³/mol. The number of para-hydroxylation sites is 1. The molecule has 4 N–H and O–H groups in total. The third kappa shape index (κ3) is 2.47. The number of anilines is 1. The Bertz CT molecular complexity index is 963. The molecule has 1 saturated heterocycles. The first-order chi connectivity index (χ1) is 13.1. The third-order valence-corrected chi connectivity index (χ3v) is 5.88. The molecule has 1 aliphatic carbocycles. The molecule has 5 amide bonds. The maximum atomic E-state index is 12.9. The number of benzene rings is 1. The van der Waals surface area contributed by atoms with E-state index < -0.39 is 11.6 Å². The van der Waals surface area contributed by atoms with Gasteiger partial charge in [-0.1, -0.05) is 18.2 Å². The molecule has 5 rings (SSSR count). The molecule has 27 heavy (non-hydrogen) atoms. The van der Waals surface area contributed by atoms with Crippen molar-refractivity contribution in [1.29, 1.82) is 0 Å². The standard InChI is InChI=1S/C19H21N5O3/c25-16-19(11-7-8-11,23-17(26)22-16)10-20-18(27)24-9-3-5-13-12-4-1-2-6-14(12)21-15(13)24/h1-2,4,6,11,21H,3,5,7-10H2,(H,20,27)(H2,22,23,25,26). The van der Waals surface area contributed by atoms with Gasteiger partial charge in [0, 0.05) is 23.0 Å². The average molecular weight is 367 g/mol. The summed E-state index contributed by atoms with van der Waals surface area (Å²) in [6.07, 6.45) is 3.56. The Morgan fingerprint density at radius 1 is 1.26 bits per heavy atom. The van der Waals surface area contributed by atoms with Crippen molar-refractivity contribution >= 4 is 34.7 Å². The zero-order chi connectivity index (χ0) is 18.6. The summed E-state index contributed by atoms with van der Waals surface area (Å²) in [6.45, 7) is 0.709. The lowest BCUT2D eigenvalue weighted by Gasteiger charge is -2.30. The smallest absolute Gasteiger partial charge is 0.323 e. The van der Waals surface area contributed by atoms with Crippen LogP contribution in [0.3, 0.4) is 0 Å². The lowest BCUT2D eigenvalue weighted by molar-refractivity contribution is -0.124. The van der Waals surface area contributed by atoms with Crippen molar-refractivity contribution in [2.24, 2.45) is 5.92 Å². The van der Waals surface area contributed by atoms with Crippen LogP contribution in [-0.4, -0.2) is 41.6 Å². The van der Waals surface area contributed by atoms with Crippen LogP contribution < -0.4 is 20.9 Å². The van der Waals surface area contributed by atoms with Gasteiger partial charge < -0.3 is 15.6 Å². The number of hydrogen-bond donors (Lipinski definition) is 4. The zero-order valence-electron chi connectivity index (χ0n) is 14.8. The minimum Gasteiger partial charge on any atom is -0.341 e. The van der Waals surface area contributed by atoms with Crippen LogP contribution in [0.2, 0.25) is 0 Å². The summed E-state index contributed by atoms with van der Waals surface area (Å²) in [5.74, 6) is 0.551. The molecule has 8 nitrogen and oxygen atoms in total. The van der Waals surface area contributed by atoms with E-state index in [9.17, 15) is 14.4 Å². The highest BCUT2D eigenvalue weighted by atomic mass is 16.2. The lowest BCUT2D eigenvalue weighted by Crippen LogP contribution is -2.58. The molecule has 1 unspecified atom stereocenters.